The maximum absolute atomic E-state index is 13.3. The number of anilines is 1. The normalized spacial score (nSPS) is 21.4. The van der Waals surface area contributed by atoms with Crippen LogP contribution in [-0.2, 0) is 11.2 Å². The minimum atomic E-state index is -0.286. The van der Waals surface area contributed by atoms with E-state index >= 15 is 0 Å². The molecule has 2 aromatic rings. The molecule has 8 nitrogen and oxygen atoms in total. The number of ether oxygens (including phenoxy) is 1. The zero-order valence-corrected chi connectivity index (χ0v) is 20.8. The van der Waals surface area contributed by atoms with Crippen molar-refractivity contribution in [3.63, 3.8) is 0 Å². The van der Waals surface area contributed by atoms with Crippen LogP contribution in [0.3, 0.4) is 0 Å². The monoisotopic (exact) mass is 480 g/mol. The number of aromatic nitrogens is 1. The van der Waals surface area contributed by atoms with E-state index in [0.717, 1.165) is 24.6 Å². The van der Waals surface area contributed by atoms with Gasteiger partial charge in [-0.05, 0) is 63.1 Å². The van der Waals surface area contributed by atoms with Gasteiger partial charge in [-0.25, -0.2) is 0 Å². The van der Waals surface area contributed by atoms with Crippen LogP contribution in [0.25, 0.3) is 0 Å². The number of pyridine rings is 1. The largest absolute Gasteiger partial charge is 0.488 e. The molecule has 1 aromatic heterocycles. The quantitative estimate of drug-likeness (QED) is 0.603. The second kappa shape index (κ2) is 11.2. The summed E-state index contributed by atoms with van der Waals surface area (Å²) in [5.74, 6) is 1.21. The molecular formula is C27H36N4O4. The Morgan fingerprint density at radius 1 is 1.26 bits per heavy atom. The molecule has 0 radical (unpaired) electrons. The number of fused-ring (bicyclic) bond motifs is 1. The fourth-order valence-corrected chi connectivity index (χ4v) is 4.55. The molecule has 2 aliphatic rings. The lowest BCUT2D eigenvalue weighted by Gasteiger charge is -2.34. The highest BCUT2D eigenvalue weighted by Gasteiger charge is 2.32. The van der Waals surface area contributed by atoms with Gasteiger partial charge in [-0.2, -0.15) is 0 Å². The van der Waals surface area contributed by atoms with Gasteiger partial charge < -0.3 is 25.0 Å². The molecule has 188 valence electrons. The number of aliphatic hydroxyl groups excluding tert-OH is 1. The standard InChI is InChI=1S/C27H36N4O4/c1-18-14-31(19(2)17-32)26(33)13-22-12-23(29-27(34)21-8-10-28-11-9-21)6-7-24(22)35-25(18)16-30(3)15-20-4-5-20/h6-12,18-20,25,32H,4-5,13-17H2,1-3H3,(H,29,34)/t18-,19-,25-/m0/s1. The molecule has 35 heavy (non-hydrogen) atoms. The Morgan fingerprint density at radius 2 is 2.00 bits per heavy atom. The number of likely N-dealkylation sites (N-methyl/N-ethyl adjacent to an activating group) is 1. The van der Waals surface area contributed by atoms with Crippen molar-refractivity contribution >= 4 is 17.5 Å². The first-order valence-electron chi connectivity index (χ1n) is 12.4. The van der Waals surface area contributed by atoms with Crippen LogP contribution in [0.1, 0.15) is 42.6 Å². The van der Waals surface area contributed by atoms with Crippen molar-refractivity contribution < 1.29 is 19.4 Å². The second-order valence-electron chi connectivity index (χ2n) is 10.1. The van der Waals surface area contributed by atoms with E-state index in [1.165, 1.54) is 12.8 Å². The molecule has 2 amide bonds. The van der Waals surface area contributed by atoms with Crippen LogP contribution in [-0.4, -0.2) is 77.1 Å². The number of amides is 2. The topological polar surface area (TPSA) is 95.0 Å². The van der Waals surface area contributed by atoms with Crippen LogP contribution < -0.4 is 10.1 Å². The predicted molar refractivity (Wildman–Crippen MR) is 134 cm³/mol. The average Bonchev–Trinajstić information content (AvgIpc) is 3.66. The smallest absolute Gasteiger partial charge is 0.255 e. The number of nitrogens with zero attached hydrogens (tertiary/aromatic N) is 3. The van der Waals surface area contributed by atoms with Gasteiger partial charge in [0.25, 0.3) is 5.91 Å². The number of hydrogen-bond acceptors (Lipinski definition) is 6. The molecule has 1 aliphatic heterocycles. The SMILES string of the molecule is C[C@H]1CN([C@@H](C)CO)C(=O)Cc2cc(NC(=O)c3ccncc3)ccc2O[C@H]1CN(C)CC1CC1. The third-order valence-corrected chi connectivity index (χ3v) is 6.88. The lowest BCUT2D eigenvalue weighted by Crippen LogP contribution is -2.47. The first-order valence-corrected chi connectivity index (χ1v) is 12.4. The van der Waals surface area contributed by atoms with Gasteiger partial charge in [0, 0.05) is 54.8 Å². The van der Waals surface area contributed by atoms with Crippen molar-refractivity contribution in [3.05, 3.63) is 53.9 Å². The Morgan fingerprint density at radius 3 is 2.69 bits per heavy atom. The number of benzene rings is 1. The Bertz CT molecular complexity index is 1030. The molecule has 2 heterocycles. The van der Waals surface area contributed by atoms with Crippen LogP contribution in [0.4, 0.5) is 5.69 Å². The molecule has 1 saturated carbocycles. The summed E-state index contributed by atoms with van der Waals surface area (Å²) in [6.07, 6.45) is 5.75. The third-order valence-electron chi connectivity index (χ3n) is 6.88. The van der Waals surface area contributed by atoms with Gasteiger partial charge in [0.2, 0.25) is 5.91 Å². The van der Waals surface area contributed by atoms with E-state index in [0.29, 0.717) is 23.5 Å². The van der Waals surface area contributed by atoms with Gasteiger partial charge in [-0.1, -0.05) is 6.92 Å². The number of nitrogens with one attached hydrogen (secondary N) is 1. The van der Waals surface area contributed by atoms with Gasteiger partial charge in [0.15, 0.2) is 0 Å². The zero-order chi connectivity index (χ0) is 24.9. The summed E-state index contributed by atoms with van der Waals surface area (Å²) in [4.78, 5) is 34.0. The molecule has 8 heteroatoms. The van der Waals surface area contributed by atoms with Crippen LogP contribution in [0, 0.1) is 11.8 Å². The molecule has 4 rings (SSSR count). The zero-order valence-electron chi connectivity index (χ0n) is 20.8. The van der Waals surface area contributed by atoms with E-state index in [1.807, 2.05) is 25.1 Å². The minimum absolute atomic E-state index is 0.0622. The molecule has 0 unspecified atom stereocenters. The molecular weight excluding hydrogens is 444 g/mol. The van der Waals surface area contributed by atoms with E-state index in [9.17, 15) is 14.7 Å². The third kappa shape index (κ3) is 6.58. The summed E-state index contributed by atoms with van der Waals surface area (Å²) in [5.41, 5.74) is 1.83. The van der Waals surface area contributed by atoms with E-state index in [2.05, 4.69) is 29.2 Å². The van der Waals surface area contributed by atoms with Crippen molar-refractivity contribution in [1.29, 1.82) is 0 Å². The van der Waals surface area contributed by atoms with Crippen molar-refractivity contribution in [2.45, 2.75) is 45.3 Å². The fourth-order valence-electron chi connectivity index (χ4n) is 4.55. The van der Waals surface area contributed by atoms with Crippen molar-refractivity contribution in [1.82, 2.24) is 14.8 Å². The Kier molecular flexibility index (Phi) is 8.03. The van der Waals surface area contributed by atoms with Crippen LogP contribution >= 0.6 is 0 Å². The van der Waals surface area contributed by atoms with E-state index in [4.69, 9.17) is 4.74 Å². The molecule has 1 aliphatic carbocycles. The molecule has 0 spiro atoms. The predicted octanol–water partition coefficient (Wildman–Crippen LogP) is 2.82. The number of carbonyl (C=O) groups is 2. The minimum Gasteiger partial charge on any atom is -0.488 e. The summed E-state index contributed by atoms with van der Waals surface area (Å²) < 4.78 is 6.55. The van der Waals surface area contributed by atoms with E-state index < -0.39 is 0 Å². The van der Waals surface area contributed by atoms with Crippen molar-refractivity contribution in [3.8, 4) is 5.75 Å². The summed E-state index contributed by atoms with van der Waals surface area (Å²) in [6, 6.07) is 8.48. The molecule has 0 saturated heterocycles. The highest BCUT2D eigenvalue weighted by molar-refractivity contribution is 6.04. The van der Waals surface area contributed by atoms with Crippen LogP contribution in [0.2, 0.25) is 0 Å². The van der Waals surface area contributed by atoms with Gasteiger partial charge in [0.05, 0.1) is 19.1 Å². The van der Waals surface area contributed by atoms with Crippen LogP contribution in [0.15, 0.2) is 42.7 Å². The molecule has 1 aromatic carbocycles. The summed E-state index contributed by atoms with van der Waals surface area (Å²) >= 11 is 0. The molecule has 2 N–H and O–H groups in total. The Hall–Kier alpha value is -2.97. The van der Waals surface area contributed by atoms with E-state index in [-0.39, 0.29) is 42.9 Å². The average molecular weight is 481 g/mol. The van der Waals surface area contributed by atoms with Crippen molar-refractivity contribution in [2.75, 3.05) is 38.6 Å². The molecule has 0 bridgehead atoms. The molecule has 3 atom stereocenters. The maximum Gasteiger partial charge on any atom is 0.255 e. The number of aliphatic hydroxyl groups is 1. The van der Waals surface area contributed by atoms with Gasteiger partial charge in [-0.3, -0.25) is 14.6 Å². The van der Waals surface area contributed by atoms with Crippen molar-refractivity contribution in [2.24, 2.45) is 11.8 Å². The highest BCUT2D eigenvalue weighted by atomic mass is 16.5. The maximum atomic E-state index is 13.3. The number of rotatable bonds is 8. The van der Waals surface area contributed by atoms with Gasteiger partial charge in [0.1, 0.15) is 11.9 Å². The highest BCUT2D eigenvalue weighted by Crippen LogP contribution is 2.31. The first-order chi connectivity index (χ1) is 16.8. The van der Waals surface area contributed by atoms with Crippen LogP contribution in [0.5, 0.6) is 5.75 Å². The van der Waals surface area contributed by atoms with Gasteiger partial charge in [-0.15, -0.1) is 0 Å². The lowest BCUT2D eigenvalue weighted by atomic mass is 10.0. The first kappa shape index (κ1) is 25.1. The van der Waals surface area contributed by atoms with E-state index in [1.54, 1.807) is 29.4 Å². The number of hydrogen-bond donors (Lipinski definition) is 2. The molecule has 1 fully saturated rings. The Balaban J connectivity index is 1.60. The van der Waals surface area contributed by atoms with Gasteiger partial charge >= 0.3 is 0 Å². The summed E-state index contributed by atoms with van der Waals surface area (Å²) in [7, 11) is 2.12. The fraction of sp³-hybridized carbons (Fsp3) is 0.519. The lowest BCUT2D eigenvalue weighted by molar-refractivity contribution is -0.134. The Labute approximate surface area is 207 Å². The summed E-state index contributed by atoms with van der Waals surface area (Å²) in [5, 5.41) is 12.7. The second-order valence-corrected chi connectivity index (χ2v) is 10.1. The summed E-state index contributed by atoms with van der Waals surface area (Å²) in [6.45, 7) is 6.20. The number of carbonyl (C=O) groups excluding carboxylic acids is 2.